The Labute approximate surface area is 117 Å². The van der Waals surface area contributed by atoms with Gasteiger partial charge in [-0.05, 0) is 6.07 Å². The first kappa shape index (κ1) is 13.9. The third-order valence-electron chi connectivity index (χ3n) is 2.81. The van der Waals surface area contributed by atoms with E-state index in [0.29, 0.717) is 17.5 Å². The molecule has 100 valence electrons. The molecule has 4 nitrogen and oxygen atoms in total. The quantitative estimate of drug-likeness (QED) is 0.819. The zero-order chi connectivity index (χ0) is 13.5. The normalized spacial score (nSPS) is 14.7. The van der Waals surface area contributed by atoms with Crippen LogP contribution in [-0.2, 0) is 0 Å². The van der Waals surface area contributed by atoms with E-state index in [2.05, 4.69) is 16.8 Å². The molecule has 0 radical (unpaired) electrons. The van der Waals surface area contributed by atoms with Gasteiger partial charge in [0, 0.05) is 43.4 Å². The fraction of sp³-hybridized carbons (Fsp3) is 0.429. The number of hydrogen-bond donors (Lipinski definition) is 1. The van der Waals surface area contributed by atoms with Crippen LogP contribution in [0, 0.1) is 11.8 Å². The summed E-state index contributed by atoms with van der Waals surface area (Å²) in [6.07, 6.45) is 3.63. The lowest BCUT2D eigenvalue weighted by molar-refractivity contribution is 0.0772. The predicted octanol–water partition coefficient (Wildman–Crippen LogP) is 1.00. The van der Waals surface area contributed by atoms with Crippen molar-refractivity contribution in [3.05, 3.63) is 29.6 Å². The van der Waals surface area contributed by atoms with Crippen molar-refractivity contribution in [1.29, 1.82) is 0 Å². The van der Waals surface area contributed by atoms with Gasteiger partial charge in [0.2, 0.25) is 0 Å². The van der Waals surface area contributed by atoms with E-state index in [1.807, 2.05) is 16.7 Å². The summed E-state index contributed by atoms with van der Waals surface area (Å²) >= 11 is 1.87. The van der Waals surface area contributed by atoms with E-state index in [1.54, 1.807) is 18.5 Å². The van der Waals surface area contributed by atoms with Gasteiger partial charge < -0.3 is 10.0 Å². The van der Waals surface area contributed by atoms with E-state index in [9.17, 15) is 4.79 Å². The molecule has 19 heavy (non-hydrogen) atoms. The number of aromatic nitrogens is 1. The van der Waals surface area contributed by atoms with Crippen molar-refractivity contribution in [2.75, 3.05) is 31.2 Å². The van der Waals surface area contributed by atoms with Gasteiger partial charge in [0.15, 0.2) is 0 Å². The number of hydrogen-bond acceptors (Lipinski definition) is 4. The van der Waals surface area contributed by atoms with Crippen LogP contribution in [0.3, 0.4) is 0 Å². The maximum absolute atomic E-state index is 12.4. The first-order chi connectivity index (χ1) is 9.33. The highest BCUT2D eigenvalue weighted by atomic mass is 32.2. The monoisotopic (exact) mass is 276 g/mol. The molecule has 0 saturated carbocycles. The first-order valence-electron chi connectivity index (χ1n) is 6.23. The Morgan fingerprint density at radius 3 is 3.00 bits per heavy atom. The Morgan fingerprint density at radius 1 is 1.47 bits per heavy atom. The lowest BCUT2D eigenvalue weighted by atomic mass is 10.1. The molecule has 1 aromatic rings. The topological polar surface area (TPSA) is 53.4 Å². The smallest absolute Gasteiger partial charge is 0.255 e. The van der Waals surface area contributed by atoms with Gasteiger partial charge in [0.05, 0.1) is 17.7 Å². The van der Waals surface area contributed by atoms with Crippen molar-refractivity contribution < 1.29 is 9.90 Å². The summed E-state index contributed by atoms with van der Waals surface area (Å²) in [4.78, 5) is 18.3. The highest BCUT2D eigenvalue weighted by molar-refractivity contribution is 7.99. The van der Waals surface area contributed by atoms with Crippen molar-refractivity contribution in [3.8, 4) is 11.8 Å². The first-order valence-corrected chi connectivity index (χ1v) is 7.39. The Morgan fingerprint density at radius 2 is 2.26 bits per heavy atom. The number of aliphatic hydroxyl groups excluding tert-OH is 1. The van der Waals surface area contributed by atoms with Gasteiger partial charge in [-0.3, -0.25) is 9.78 Å². The summed E-state index contributed by atoms with van der Waals surface area (Å²) in [5, 5.41) is 8.73. The molecule has 0 atom stereocenters. The number of aliphatic hydroxyl groups is 1. The highest BCUT2D eigenvalue weighted by Gasteiger charge is 2.20. The Hall–Kier alpha value is -1.51. The second-order valence-electron chi connectivity index (χ2n) is 4.10. The predicted molar refractivity (Wildman–Crippen MR) is 76.0 cm³/mol. The van der Waals surface area contributed by atoms with Crippen molar-refractivity contribution >= 4 is 17.7 Å². The van der Waals surface area contributed by atoms with Crippen molar-refractivity contribution in [3.63, 3.8) is 0 Å². The van der Waals surface area contributed by atoms with Gasteiger partial charge in [-0.15, -0.1) is 0 Å². The molecule has 0 spiro atoms. The number of rotatable bonds is 2. The SMILES string of the molecule is O=C(c1ccncc1C#CCCO)N1CCSCC1. The maximum atomic E-state index is 12.4. The van der Waals surface area contributed by atoms with Crippen LogP contribution in [0.4, 0.5) is 0 Å². The van der Waals surface area contributed by atoms with E-state index in [4.69, 9.17) is 5.11 Å². The van der Waals surface area contributed by atoms with E-state index in [1.165, 1.54) is 0 Å². The lowest BCUT2D eigenvalue weighted by Gasteiger charge is -2.26. The number of pyridine rings is 1. The molecule has 0 aromatic carbocycles. The molecule has 5 heteroatoms. The van der Waals surface area contributed by atoms with Crippen molar-refractivity contribution in [2.24, 2.45) is 0 Å². The van der Waals surface area contributed by atoms with Crippen LogP contribution >= 0.6 is 11.8 Å². The summed E-state index contributed by atoms with van der Waals surface area (Å²) in [7, 11) is 0. The molecule has 2 rings (SSSR count). The lowest BCUT2D eigenvalue weighted by Crippen LogP contribution is -2.38. The number of thioether (sulfide) groups is 1. The van der Waals surface area contributed by atoms with Crippen LogP contribution < -0.4 is 0 Å². The summed E-state index contributed by atoms with van der Waals surface area (Å²) in [5.41, 5.74) is 1.24. The average Bonchev–Trinajstić information content (AvgIpc) is 2.48. The van der Waals surface area contributed by atoms with Gasteiger partial charge in [0.25, 0.3) is 5.91 Å². The Bertz CT molecular complexity index is 502. The van der Waals surface area contributed by atoms with Crippen LogP contribution in [0.2, 0.25) is 0 Å². The Kier molecular flexibility index (Phi) is 5.25. The molecule has 0 aliphatic carbocycles. The summed E-state index contributed by atoms with van der Waals surface area (Å²) in [6, 6.07) is 1.72. The van der Waals surface area contributed by atoms with Crippen LogP contribution in [0.1, 0.15) is 22.3 Å². The third kappa shape index (κ3) is 3.72. The van der Waals surface area contributed by atoms with Gasteiger partial charge in [0.1, 0.15) is 0 Å². The molecule has 1 aliphatic heterocycles. The van der Waals surface area contributed by atoms with Gasteiger partial charge in [-0.25, -0.2) is 0 Å². The zero-order valence-corrected chi connectivity index (χ0v) is 11.4. The van der Waals surface area contributed by atoms with Gasteiger partial charge in [-0.1, -0.05) is 11.8 Å². The maximum Gasteiger partial charge on any atom is 0.255 e. The highest BCUT2D eigenvalue weighted by Crippen LogP contribution is 2.15. The van der Waals surface area contributed by atoms with E-state index in [0.717, 1.165) is 24.6 Å². The molecule has 1 amide bonds. The van der Waals surface area contributed by atoms with Gasteiger partial charge >= 0.3 is 0 Å². The largest absolute Gasteiger partial charge is 0.395 e. The number of nitrogens with zero attached hydrogens (tertiary/aromatic N) is 2. The zero-order valence-electron chi connectivity index (χ0n) is 10.6. The standard InChI is InChI=1S/C14H16N2O2S/c17-8-2-1-3-12-11-15-5-4-13(12)14(18)16-6-9-19-10-7-16/h4-5,11,17H,2,6-10H2. The van der Waals surface area contributed by atoms with E-state index < -0.39 is 0 Å². The Balaban J connectivity index is 2.19. The van der Waals surface area contributed by atoms with Crippen molar-refractivity contribution in [2.45, 2.75) is 6.42 Å². The molecule has 0 bridgehead atoms. The minimum absolute atomic E-state index is 0.0241. The molecule has 0 unspecified atom stereocenters. The van der Waals surface area contributed by atoms with E-state index in [-0.39, 0.29) is 12.5 Å². The molecule has 1 fully saturated rings. The van der Waals surface area contributed by atoms with Crippen LogP contribution in [0.5, 0.6) is 0 Å². The number of carbonyl (C=O) groups is 1. The average molecular weight is 276 g/mol. The third-order valence-corrected chi connectivity index (χ3v) is 3.75. The fourth-order valence-corrected chi connectivity index (χ4v) is 2.73. The van der Waals surface area contributed by atoms with Crippen LogP contribution in [-0.4, -0.2) is 52.1 Å². The minimum Gasteiger partial charge on any atom is -0.395 e. The second kappa shape index (κ2) is 7.17. The molecular formula is C14H16N2O2S. The summed E-state index contributed by atoms with van der Waals surface area (Å²) < 4.78 is 0. The molecule has 1 N–H and O–H groups in total. The van der Waals surface area contributed by atoms with Crippen LogP contribution in [0.15, 0.2) is 18.5 Å². The summed E-state index contributed by atoms with van der Waals surface area (Å²) in [5.74, 6) is 7.74. The van der Waals surface area contributed by atoms with E-state index >= 15 is 0 Å². The fourth-order valence-electron chi connectivity index (χ4n) is 1.83. The molecular weight excluding hydrogens is 260 g/mol. The second-order valence-corrected chi connectivity index (χ2v) is 5.33. The molecule has 2 heterocycles. The summed E-state index contributed by atoms with van der Waals surface area (Å²) in [6.45, 7) is 1.60. The van der Waals surface area contributed by atoms with Gasteiger partial charge in [-0.2, -0.15) is 11.8 Å². The van der Waals surface area contributed by atoms with Crippen molar-refractivity contribution in [1.82, 2.24) is 9.88 Å². The minimum atomic E-state index is 0.0241. The molecule has 1 aromatic heterocycles. The number of carbonyl (C=O) groups excluding carboxylic acids is 1. The van der Waals surface area contributed by atoms with Crippen LogP contribution in [0.25, 0.3) is 0 Å². The number of amides is 1. The molecule has 1 aliphatic rings. The molecule has 1 saturated heterocycles.